The summed E-state index contributed by atoms with van der Waals surface area (Å²) < 4.78 is 13.7. The summed E-state index contributed by atoms with van der Waals surface area (Å²) in [5, 5.41) is 2.68. The third kappa shape index (κ3) is 4.44. The third-order valence-electron chi connectivity index (χ3n) is 2.73. The Labute approximate surface area is 131 Å². The van der Waals surface area contributed by atoms with E-state index in [1.807, 2.05) is 5.38 Å². The predicted octanol–water partition coefficient (Wildman–Crippen LogP) is 2.79. The molecule has 4 nitrogen and oxygen atoms in total. The van der Waals surface area contributed by atoms with Gasteiger partial charge in [-0.05, 0) is 18.2 Å². The lowest BCUT2D eigenvalue weighted by atomic mass is 10.3. The van der Waals surface area contributed by atoms with Crippen LogP contribution in [0.4, 0.5) is 10.1 Å². The standard InChI is InChI=1S/C14H16FN3OS2/c1-18(2)14(19)6-13-17-10(8-21-13)7-20-12-4-3-9(16)5-11(12)15/h3-5,8H,6-7,16H2,1-2H3. The van der Waals surface area contributed by atoms with E-state index in [9.17, 15) is 9.18 Å². The summed E-state index contributed by atoms with van der Waals surface area (Å²) in [6, 6.07) is 4.65. The smallest absolute Gasteiger partial charge is 0.228 e. The van der Waals surface area contributed by atoms with Crippen molar-refractivity contribution in [3.63, 3.8) is 0 Å². The number of anilines is 1. The predicted molar refractivity (Wildman–Crippen MR) is 84.9 cm³/mol. The number of thioether (sulfide) groups is 1. The molecule has 0 saturated heterocycles. The SMILES string of the molecule is CN(C)C(=O)Cc1nc(CSc2ccc(N)cc2F)cs1. The maximum atomic E-state index is 13.7. The molecule has 0 atom stereocenters. The molecule has 7 heteroatoms. The molecule has 0 bridgehead atoms. The van der Waals surface area contributed by atoms with Gasteiger partial charge in [-0.3, -0.25) is 4.79 Å². The minimum absolute atomic E-state index is 0.0214. The largest absolute Gasteiger partial charge is 0.399 e. The highest BCUT2D eigenvalue weighted by Gasteiger charge is 2.10. The lowest BCUT2D eigenvalue weighted by Gasteiger charge is -2.07. The van der Waals surface area contributed by atoms with Gasteiger partial charge in [0.1, 0.15) is 10.8 Å². The van der Waals surface area contributed by atoms with Crippen molar-refractivity contribution in [3.8, 4) is 0 Å². The van der Waals surface area contributed by atoms with Crippen molar-refractivity contribution in [2.75, 3.05) is 19.8 Å². The van der Waals surface area contributed by atoms with Gasteiger partial charge in [-0.1, -0.05) is 0 Å². The highest BCUT2D eigenvalue weighted by Crippen LogP contribution is 2.27. The Kier molecular flexibility index (Phi) is 5.19. The first kappa shape index (κ1) is 15.8. The number of nitrogens with zero attached hydrogens (tertiary/aromatic N) is 2. The van der Waals surface area contributed by atoms with Crippen LogP contribution in [0.1, 0.15) is 10.7 Å². The molecule has 2 aromatic rings. The van der Waals surface area contributed by atoms with Crippen molar-refractivity contribution in [1.82, 2.24) is 9.88 Å². The number of rotatable bonds is 5. The molecule has 0 unspecified atom stereocenters. The summed E-state index contributed by atoms with van der Waals surface area (Å²) in [5.74, 6) is 0.263. The minimum atomic E-state index is -0.321. The number of carbonyl (C=O) groups is 1. The first-order valence-corrected chi connectivity index (χ1v) is 8.13. The van der Waals surface area contributed by atoms with Gasteiger partial charge in [0.25, 0.3) is 0 Å². The molecule has 0 saturated carbocycles. The molecule has 2 rings (SSSR count). The average molecular weight is 325 g/mol. The van der Waals surface area contributed by atoms with E-state index in [1.54, 1.807) is 31.1 Å². The second-order valence-corrected chi connectivity index (χ2v) is 6.64. The van der Waals surface area contributed by atoms with Gasteiger partial charge in [-0.2, -0.15) is 0 Å². The number of hydrogen-bond donors (Lipinski definition) is 1. The van der Waals surface area contributed by atoms with Gasteiger partial charge in [-0.25, -0.2) is 9.37 Å². The highest BCUT2D eigenvalue weighted by atomic mass is 32.2. The molecule has 0 fully saturated rings. The second kappa shape index (κ2) is 6.91. The van der Waals surface area contributed by atoms with Crippen LogP contribution in [0.2, 0.25) is 0 Å². The van der Waals surface area contributed by atoms with Crippen LogP contribution < -0.4 is 5.73 Å². The molecular formula is C14H16FN3OS2. The van der Waals surface area contributed by atoms with Gasteiger partial charge in [-0.15, -0.1) is 23.1 Å². The maximum Gasteiger partial charge on any atom is 0.228 e. The maximum absolute atomic E-state index is 13.7. The molecule has 1 heterocycles. The van der Waals surface area contributed by atoms with Crippen molar-refractivity contribution in [1.29, 1.82) is 0 Å². The summed E-state index contributed by atoms with van der Waals surface area (Å²) >= 11 is 2.82. The van der Waals surface area contributed by atoms with Crippen LogP contribution >= 0.6 is 23.1 Å². The number of thiazole rings is 1. The Bertz CT molecular complexity index is 643. The van der Waals surface area contributed by atoms with E-state index in [0.717, 1.165) is 10.7 Å². The minimum Gasteiger partial charge on any atom is -0.399 e. The van der Waals surface area contributed by atoms with Gasteiger partial charge in [0.15, 0.2) is 0 Å². The van der Waals surface area contributed by atoms with Crippen LogP contribution in [-0.4, -0.2) is 29.9 Å². The molecule has 1 aromatic carbocycles. The summed E-state index contributed by atoms with van der Waals surface area (Å²) in [4.78, 5) is 18.1. The van der Waals surface area contributed by atoms with Crippen LogP contribution in [-0.2, 0) is 17.0 Å². The van der Waals surface area contributed by atoms with Gasteiger partial charge in [0.2, 0.25) is 5.91 Å². The second-order valence-electron chi connectivity index (χ2n) is 4.68. The fourth-order valence-electron chi connectivity index (χ4n) is 1.57. The van der Waals surface area contributed by atoms with E-state index in [4.69, 9.17) is 5.73 Å². The Hall–Kier alpha value is -1.60. The van der Waals surface area contributed by atoms with Crippen molar-refractivity contribution < 1.29 is 9.18 Å². The zero-order valence-electron chi connectivity index (χ0n) is 11.8. The van der Waals surface area contributed by atoms with Crippen LogP contribution in [0.5, 0.6) is 0 Å². The number of nitrogens with two attached hydrogens (primary N) is 1. The van der Waals surface area contributed by atoms with Gasteiger partial charge < -0.3 is 10.6 Å². The lowest BCUT2D eigenvalue weighted by Crippen LogP contribution is -2.23. The Morgan fingerprint density at radius 1 is 1.48 bits per heavy atom. The van der Waals surface area contributed by atoms with E-state index >= 15 is 0 Å². The van der Waals surface area contributed by atoms with Crippen LogP contribution in [0.25, 0.3) is 0 Å². The quantitative estimate of drug-likeness (QED) is 0.678. The number of likely N-dealkylation sites (N-methyl/N-ethyl adjacent to an activating group) is 1. The normalized spacial score (nSPS) is 10.6. The fraction of sp³-hybridized carbons (Fsp3) is 0.286. The topological polar surface area (TPSA) is 59.2 Å². The number of nitrogen functional groups attached to an aromatic ring is 1. The van der Waals surface area contributed by atoms with E-state index in [0.29, 0.717) is 22.8 Å². The highest BCUT2D eigenvalue weighted by molar-refractivity contribution is 7.98. The number of hydrogen-bond acceptors (Lipinski definition) is 5. The van der Waals surface area contributed by atoms with E-state index in [2.05, 4.69) is 4.98 Å². The Morgan fingerprint density at radius 2 is 2.24 bits per heavy atom. The molecule has 0 spiro atoms. The molecule has 0 aliphatic heterocycles. The van der Waals surface area contributed by atoms with Crippen molar-refractivity contribution >= 4 is 34.7 Å². The van der Waals surface area contributed by atoms with Crippen LogP contribution in [0.15, 0.2) is 28.5 Å². The molecule has 112 valence electrons. The van der Waals surface area contributed by atoms with E-state index in [1.165, 1.54) is 29.2 Å². The number of aromatic nitrogens is 1. The van der Waals surface area contributed by atoms with E-state index in [-0.39, 0.29) is 11.7 Å². The number of halogens is 1. The number of benzene rings is 1. The molecule has 21 heavy (non-hydrogen) atoms. The fourth-order valence-corrected chi connectivity index (χ4v) is 3.27. The first-order valence-electron chi connectivity index (χ1n) is 6.27. The van der Waals surface area contributed by atoms with Crippen molar-refractivity contribution in [2.45, 2.75) is 17.1 Å². The Morgan fingerprint density at radius 3 is 2.90 bits per heavy atom. The third-order valence-corrected chi connectivity index (χ3v) is 4.71. The molecule has 0 aliphatic rings. The van der Waals surface area contributed by atoms with Gasteiger partial charge in [0, 0.05) is 35.8 Å². The van der Waals surface area contributed by atoms with E-state index < -0.39 is 0 Å². The molecular weight excluding hydrogens is 309 g/mol. The summed E-state index contributed by atoms with van der Waals surface area (Å²) in [7, 11) is 3.44. The molecule has 1 amide bonds. The summed E-state index contributed by atoms with van der Waals surface area (Å²) in [6.45, 7) is 0. The average Bonchev–Trinajstić information content (AvgIpc) is 2.85. The van der Waals surface area contributed by atoms with Crippen LogP contribution in [0.3, 0.4) is 0 Å². The molecule has 0 aliphatic carbocycles. The monoisotopic (exact) mass is 325 g/mol. The zero-order chi connectivity index (χ0) is 15.4. The lowest BCUT2D eigenvalue weighted by molar-refractivity contribution is -0.127. The number of carbonyl (C=O) groups excluding carboxylic acids is 1. The summed E-state index contributed by atoms with van der Waals surface area (Å²) in [5.41, 5.74) is 6.77. The molecule has 0 radical (unpaired) electrons. The zero-order valence-corrected chi connectivity index (χ0v) is 13.4. The molecule has 1 aromatic heterocycles. The van der Waals surface area contributed by atoms with Gasteiger partial charge >= 0.3 is 0 Å². The summed E-state index contributed by atoms with van der Waals surface area (Å²) in [6.07, 6.45) is 0.304. The molecule has 2 N–H and O–H groups in total. The Balaban J connectivity index is 1.95. The first-order chi connectivity index (χ1) is 9.95. The van der Waals surface area contributed by atoms with Gasteiger partial charge in [0.05, 0.1) is 12.1 Å². The van der Waals surface area contributed by atoms with Crippen molar-refractivity contribution in [3.05, 3.63) is 40.1 Å². The number of amides is 1. The van der Waals surface area contributed by atoms with Crippen LogP contribution in [0, 0.1) is 5.82 Å². The van der Waals surface area contributed by atoms with Crippen molar-refractivity contribution in [2.24, 2.45) is 0 Å².